The summed E-state index contributed by atoms with van der Waals surface area (Å²) in [5.41, 5.74) is 9.80. The molecule has 2 amide bonds. The second-order valence-corrected chi connectivity index (χ2v) is 3.27. The molecular formula is C8H13N3O6. The van der Waals surface area contributed by atoms with E-state index in [0.29, 0.717) is 0 Å². The third kappa shape index (κ3) is 6.10. The van der Waals surface area contributed by atoms with Crippen molar-refractivity contribution >= 4 is 23.8 Å². The summed E-state index contributed by atoms with van der Waals surface area (Å²) in [6, 6.07) is -2.71. The van der Waals surface area contributed by atoms with Gasteiger partial charge >= 0.3 is 11.9 Å². The Morgan fingerprint density at radius 1 is 0.882 bits per heavy atom. The summed E-state index contributed by atoms with van der Waals surface area (Å²) in [5, 5.41) is 19.2. The van der Waals surface area contributed by atoms with Crippen molar-refractivity contribution in [3.8, 4) is 0 Å². The predicted octanol–water partition coefficient (Wildman–Crippen LogP) is -2.77. The van der Waals surface area contributed by atoms with Crippen LogP contribution < -0.4 is 16.8 Å². The number of carboxylic acid groups (broad SMARTS) is 2. The Bertz CT molecular complexity index is 310. The smallest absolute Gasteiger partial charge is 0.305 e. The average Bonchev–Trinajstić information content (AvgIpc) is 2.13. The maximum absolute atomic E-state index is 10.9. The molecule has 2 unspecified atom stereocenters. The maximum Gasteiger partial charge on any atom is 0.305 e. The van der Waals surface area contributed by atoms with Crippen LogP contribution in [0.4, 0.5) is 0 Å². The van der Waals surface area contributed by atoms with Gasteiger partial charge in [-0.2, -0.15) is 0 Å². The molecule has 0 aromatic carbocycles. The molecule has 0 aromatic rings. The number of nitrogens with two attached hydrogens (primary N) is 2. The lowest BCUT2D eigenvalue weighted by Gasteiger charge is -2.19. The summed E-state index contributed by atoms with van der Waals surface area (Å²) < 4.78 is 0. The van der Waals surface area contributed by atoms with Crippen LogP contribution in [-0.2, 0) is 19.2 Å². The van der Waals surface area contributed by atoms with Crippen molar-refractivity contribution in [2.45, 2.75) is 24.9 Å². The van der Waals surface area contributed by atoms with Crippen molar-refractivity contribution in [2.75, 3.05) is 0 Å². The van der Waals surface area contributed by atoms with E-state index in [-0.39, 0.29) is 0 Å². The first-order valence-corrected chi connectivity index (χ1v) is 4.52. The minimum absolute atomic E-state index is 0.668. The van der Waals surface area contributed by atoms with Crippen molar-refractivity contribution in [3.05, 3.63) is 0 Å². The lowest BCUT2D eigenvalue weighted by atomic mass is 10.1. The Hall–Kier alpha value is -2.16. The van der Waals surface area contributed by atoms with Gasteiger partial charge in [-0.3, -0.25) is 24.5 Å². The molecule has 0 aromatic heterocycles. The molecule has 0 fully saturated rings. The Balaban J connectivity index is 4.67. The third-order valence-electron chi connectivity index (χ3n) is 1.85. The van der Waals surface area contributed by atoms with Gasteiger partial charge in [-0.05, 0) is 0 Å². The van der Waals surface area contributed by atoms with E-state index in [4.69, 9.17) is 21.7 Å². The Kier molecular flexibility index (Phi) is 5.61. The number of hydrogen-bond donors (Lipinski definition) is 5. The van der Waals surface area contributed by atoms with E-state index >= 15 is 0 Å². The topological polar surface area (TPSA) is 173 Å². The molecule has 0 aliphatic rings. The number of carboxylic acids is 2. The molecule has 0 heterocycles. The zero-order valence-electron chi connectivity index (χ0n) is 8.75. The largest absolute Gasteiger partial charge is 0.481 e. The van der Waals surface area contributed by atoms with Crippen molar-refractivity contribution in [1.82, 2.24) is 5.32 Å². The van der Waals surface area contributed by atoms with Gasteiger partial charge in [0.1, 0.15) is 0 Å². The molecule has 0 aliphatic carbocycles. The third-order valence-corrected chi connectivity index (χ3v) is 1.85. The van der Waals surface area contributed by atoms with Gasteiger partial charge in [0.25, 0.3) is 0 Å². The highest BCUT2D eigenvalue weighted by Crippen LogP contribution is 1.98. The second-order valence-electron chi connectivity index (χ2n) is 3.27. The first kappa shape index (κ1) is 14.8. The van der Waals surface area contributed by atoms with Crippen molar-refractivity contribution in [1.29, 1.82) is 0 Å². The molecule has 96 valence electrons. The van der Waals surface area contributed by atoms with Crippen LogP contribution >= 0.6 is 0 Å². The Morgan fingerprint density at radius 3 is 1.35 bits per heavy atom. The first-order valence-electron chi connectivity index (χ1n) is 4.52. The molecular weight excluding hydrogens is 234 g/mol. The van der Waals surface area contributed by atoms with Crippen molar-refractivity contribution < 1.29 is 29.4 Å². The predicted molar refractivity (Wildman–Crippen MR) is 53.6 cm³/mol. The molecule has 9 heteroatoms. The normalized spacial score (nSPS) is 13.6. The number of hydrogen-bond acceptors (Lipinski definition) is 5. The van der Waals surface area contributed by atoms with E-state index in [1.807, 2.05) is 0 Å². The highest BCUT2D eigenvalue weighted by molar-refractivity contribution is 5.88. The van der Waals surface area contributed by atoms with Gasteiger partial charge in [0.15, 0.2) is 0 Å². The number of aliphatic carboxylic acids is 2. The Morgan fingerprint density at radius 2 is 1.18 bits per heavy atom. The fourth-order valence-corrected chi connectivity index (χ4v) is 1.08. The van der Waals surface area contributed by atoms with Gasteiger partial charge in [0.2, 0.25) is 11.8 Å². The number of rotatable bonds is 8. The fraction of sp³-hybridized carbons (Fsp3) is 0.500. The summed E-state index contributed by atoms with van der Waals surface area (Å²) >= 11 is 0. The lowest BCUT2D eigenvalue weighted by Crippen LogP contribution is -2.52. The molecule has 7 N–H and O–H groups in total. The molecule has 0 rings (SSSR count). The molecule has 0 spiro atoms. The summed E-state index contributed by atoms with van der Waals surface area (Å²) in [7, 11) is 0. The number of amides is 2. The number of nitrogens with one attached hydrogen (secondary N) is 1. The minimum Gasteiger partial charge on any atom is -0.481 e. The van der Waals surface area contributed by atoms with Gasteiger partial charge in [0, 0.05) is 0 Å². The molecule has 0 saturated carbocycles. The summed E-state index contributed by atoms with van der Waals surface area (Å²) in [6.45, 7) is 0. The average molecular weight is 247 g/mol. The van der Waals surface area contributed by atoms with Crippen LogP contribution in [0.15, 0.2) is 0 Å². The number of primary amides is 2. The first-order chi connectivity index (χ1) is 7.73. The van der Waals surface area contributed by atoms with Crippen LogP contribution in [0, 0.1) is 0 Å². The van der Waals surface area contributed by atoms with E-state index in [1.54, 1.807) is 0 Å². The minimum atomic E-state index is -1.36. The highest BCUT2D eigenvalue weighted by atomic mass is 16.4. The van der Waals surface area contributed by atoms with Gasteiger partial charge in [-0.15, -0.1) is 0 Å². The van der Waals surface area contributed by atoms with E-state index in [9.17, 15) is 19.2 Å². The highest BCUT2D eigenvalue weighted by Gasteiger charge is 2.27. The van der Waals surface area contributed by atoms with Crippen LogP contribution in [0.1, 0.15) is 12.8 Å². The van der Waals surface area contributed by atoms with Gasteiger partial charge < -0.3 is 21.7 Å². The standard InChI is InChI=1S/C8H13N3O6/c9-7(16)3(1-5(12)13)11-4(8(10)17)2-6(14)15/h3-4,11H,1-2H2,(H2,9,16)(H2,10,17)(H,12,13)(H,14,15). The molecule has 17 heavy (non-hydrogen) atoms. The van der Waals surface area contributed by atoms with E-state index < -0.39 is 48.7 Å². The van der Waals surface area contributed by atoms with Crippen molar-refractivity contribution in [2.24, 2.45) is 11.5 Å². The summed E-state index contributed by atoms with van der Waals surface area (Å²) in [5.74, 6) is -4.66. The van der Waals surface area contributed by atoms with Crippen LogP contribution in [0.2, 0.25) is 0 Å². The van der Waals surface area contributed by atoms with E-state index in [1.165, 1.54) is 0 Å². The van der Waals surface area contributed by atoms with Gasteiger partial charge in [-0.25, -0.2) is 0 Å². The quantitative estimate of drug-likeness (QED) is 0.308. The summed E-state index contributed by atoms with van der Waals surface area (Å²) in [4.78, 5) is 42.6. The zero-order valence-corrected chi connectivity index (χ0v) is 8.75. The monoisotopic (exact) mass is 247 g/mol. The van der Waals surface area contributed by atoms with Gasteiger partial charge in [-0.1, -0.05) is 0 Å². The van der Waals surface area contributed by atoms with Gasteiger partial charge in [0.05, 0.1) is 24.9 Å². The molecule has 0 radical (unpaired) electrons. The molecule has 9 nitrogen and oxygen atoms in total. The van der Waals surface area contributed by atoms with Crippen LogP contribution in [0.3, 0.4) is 0 Å². The van der Waals surface area contributed by atoms with E-state index in [0.717, 1.165) is 0 Å². The van der Waals surface area contributed by atoms with Crippen molar-refractivity contribution in [3.63, 3.8) is 0 Å². The Labute approximate surface area is 95.8 Å². The zero-order chi connectivity index (χ0) is 13.6. The van der Waals surface area contributed by atoms with Crippen LogP contribution in [-0.4, -0.2) is 46.0 Å². The maximum atomic E-state index is 10.9. The molecule has 0 aliphatic heterocycles. The molecule has 0 saturated heterocycles. The lowest BCUT2D eigenvalue weighted by molar-refractivity contribution is -0.141. The summed E-state index contributed by atoms with van der Waals surface area (Å²) in [6.07, 6.45) is -1.34. The van der Waals surface area contributed by atoms with Crippen LogP contribution in [0.25, 0.3) is 0 Å². The van der Waals surface area contributed by atoms with E-state index in [2.05, 4.69) is 5.32 Å². The van der Waals surface area contributed by atoms with Crippen LogP contribution in [0.5, 0.6) is 0 Å². The number of carbonyl (C=O) groups excluding carboxylic acids is 2. The fourth-order valence-electron chi connectivity index (χ4n) is 1.08. The number of carbonyl (C=O) groups is 4. The SMILES string of the molecule is NC(=O)C(CC(=O)O)NC(CC(=O)O)C(N)=O. The molecule has 0 bridgehead atoms. The second kappa shape index (κ2) is 6.43. The molecule has 2 atom stereocenters.